The number of pyridine rings is 1. The number of carbonyl (C=O) groups is 1. The molecule has 0 aliphatic heterocycles. The van der Waals surface area contributed by atoms with E-state index in [1.807, 2.05) is 70.2 Å². The van der Waals surface area contributed by atoms with Crippen LogP contribution in [0.2, 0.25) is 0 Å². The smallest absolute Gasteiger partial charge is 0.407 e. The number of rotatable bonds is 6. The molecule has 2 aromatic carbocycles. The quantitative estimate of drug-likeness (QED) is 0.576. The number of benzene rings is 2. The van der Waals surface area contributed by atoms with Gasteiger partial charge in [0, 0.05) is 23.2 Å². The van der Waals surface area contributed by atoms with Crippen molar-refractivity contribution in [2.75, 3.05) is 6.54 Å². The number of para-hydroxylation sites is 1. The molecule has 0 saturated heterocycles. The minimum Gasteiger partial charge on any atom is -0.489 e. The van der Waals surface area contributed by atoms with Crippen LogP contribution in [0.5, 0.6) is 5.75 Å². The van der Waals surface area contributed by atoms with Crippen LogP contribution >= 0.6 is 0 Å². The summed E-state index contributed by atoms with van der Waals surface area (Å²) < 4.78 is 11.2. The number of ether oxygens (including phenoxy) is 2. The molecule has 3 aromatic rings. The van der Waals surface area contributed by atoms with E-state index in [-0.39, 0.29) is 0 Å². The molecule has 30 heavy (non-hydrogen) atoms. The number of nitrogens with zero attached hydrogens (tertiary/aromatic N) is 1. The number of hydrogen-bond donors (Lipinski definition) is 1. The van der Waals surface area contributed by atoms with Gasteiger partial charge in [0.05, 0.1) is 5.52 Å². The first-order valence-corrected chi connectivity index (χ1v) is 9.94. The second-order valence-electron chi connectivity index (χ2n) is 8.21. The molecule has 156 valence electrons. The molecule has 0 bridgehead atoms. The number of fused-ring (bicyclic) bond motifs is 1. The standard InChI is InChI=1S/C25H28N2O3/c1-17(15-26-24(28)30-25(3,4)5)19-10-12-21(13-11-19)29-16-20-14-18(2)27-23-9-7-6-8-22(20)23/h6-14H,1,15-16H2,2-5H3,(H,26,28). The lowest BCUT2D eigenvalue weighted by Crippen LogP contribution is -2.33. The molecule has 3 rings (SSSR count). The number of aryl methyl sites for hydroxylation is 1. The van der Waals surface area contributed by atoms with Gasteiger partial charge in [0.25, 0.3) is 0 Å². The Morgan fingerprint density at radius 1 is 1.10 bits per heavy atom. The summed E-state index contributed by atoms with van der Waals surface area (Å²) in [5.74, 6) is 0.769. The highest BCUT2D eigenvalue weighted by Gasteiger charge is 2.16. The highest BCUT2D eigenvalue weighted by Crippen LogP contribution is 2.22. The summed E-state index contributed by atoms with van der Waals surface area (Å²) in [4.78, 5) is 16.4. The van der Waals surface area contributed by atoms with Crippen molar-refractivity contribution < 1.29 is 14.3 Å². The summed E-state index contributed by atoms with van der Waals surface area (Å²) in [6.45, 7) is 12.3. The van der Waals surface area contributed by atoms with E-state index in [1.165, 1.54) is 0 Å². The maximum absolute atomic E-state index is 11.8. The summed E-state index contributed by atoms with van der Waals surface area (Å²) in [6.07, 6.45) is -0.455. The molecule has 1 heterocycles. The molecule has 5 heteroatoms. The zero-order valence-corrected chi connectivity index (χ0v) is 18.0. The largest absolute Gasteiger partial charge is 0.489 e. The van der Waals surface area contributed by atoms with Crippen LogP contribution in [-0.4, -0.2) is 23.2 Å². The average molecular weight is 405 g/mol. The van der Waals surface area contributed by atoms with Crippen molar-refractivity contribution in [3.63, 3.8) is 0 Å². The van der Waals surface area contributed by atoms with E-state index in [1.54, 1.807) is 0 Å². The normalized spacial score (nSPS) is 11.2. The first-order chi connectivity index (χ1) is 14.2. The van der Waals surface area contributed by atoms with Crippen molar-refractivity contribution in [2.45, 2.75) is 39.9 Å². The maximum atomic E-state index is 11.8. The Morgan fingerprint density at radius 2 is 1.80 bits per heavy atom. The topological polar surface area (TPSA) is 60.5 Å². The average Bonchev–Trinajstić information content (AvgIpc) is 2.69. The summed E-state index contributed by atoms with van der Waals surface area (Å²) in [5, 5.41) is 3.82. The Balaban J connectivity index is 1.59. The zero-order valence-electron chi connectivity index (χ0n) is 18.0. The summed E-state index contributed by atoms with van der Waals surface area (Å²) in [7, 11) is 0. The van der Waals surface area contributed by atoms with Crippen molar-refractivity contribution in [1.29, 1.82) is 0 Å². The number of amides is 1. The Morgan fingerprint density at radius 3 is 2.50 bits per heavy atom. The molecule has 0 unspecified atom stereocenters. The second kappa shape index (κ2) is 8.99. The zero-order chi connectivity index (χ0) is 21.7. The van der Waals surface area contributed by atoms with Gasteiger partial charge in [-0.05, 0) is 63.1 Å². The van der Waals surface area contributed by atoms with Crippen LogP contribution in [0.3, 0.4) is 0 Å². The monoisotopic (exact) mass is 404 g/mol. The number of aromatic nitrogens is 1. The van der Waals surface area contributed by atoms with Crippen LogP contribution in [-0.2, 0) is 11.3 Å². The Bertz CT molecular complexity index is 1050. The molecular weight excluding hydrogens is 376 g/mol. The van der Waals surface area contributed by atoms with Gasteiger partial charge in [-0.25, -0.2) is 4.79 Å². The third-order valence-corrected chi connectivity index (χ3v) is 4.43. The molecule has 0 spiro atoms. The fourth-order valence-corrected chi connectivity index (χ4v) is 3.06. The van der Waals surface area contributed by atoms with Gasteiger partial charge in [0.2, 0.25) is 0 Å². The van der Waals surface area contributed by atoms with Crippen molar-refractivity contribution in [3.8, 4) is 5.75 Å². The first kappa shape index (κ1) is 21.4. The van der Waals surface area contributed by atoms with Crippen LogP contribution in [0, 0.1) is 6.92 Å². The van der Waals surface area contributed by atoms with Crippen LogP contribution in [0.4, 0.5) is 4.79 Å². The number of carbonyl (C=O) groups excluding carboxylic acids is 1. The van der Waals surface area contributed by atoms with Gasteiger partial charge in [-0.2, -0.15) is 0 Å². The Kier molecular flexibility index (Phi) is 6.40. The molecule has 5 nitrogen and oxygen atoms in total. The van der Waals surface area contributed by atoms with Crippen molar-refractivity contribution in [1.82, 2.24) is 10.3 Å². The first-order valence-electron chi connectivity index (χ1n) is 9.94. The van der Waals surface area contributed by atoms with Crippen LogP contribution in [0.15, 0.2) is 61.2 Å². The Hall–Kier alpha value is -3.34. The molecule has 0 atom stereocenters. The molecular formula is C25H28N2O3. The van der Waals surface area contributed by atoms with Gasteiger partial charge in [-0.3, -0.25) is 4.98 Å². The van der Waals surface area contributed by atoms with Crippen LogP contribution < -0.4 is 10.1 Å². The van der Waals surface area contributed by atoms with Gasteiger partial charge >= 0.3 is 6.09 Å². The molecule has 0 saturated carbocycles. The fourth-order valence-electron chi connectivity index (χ4n) is 3.06. The van der Waals surface area contributed by atoms with E-state index in [0.29, 0.717) is 13.2 Å². The highest BCUT2D eigenvalue weighted by molar-refractivity contribution is 5.82. The molecule has 0 aliphatic carbocycles. The molecule has 1 N–H and O–H groups in total. The van der Waals surface area contributed by atoms with Crippen LogP contribution in [0.25, 0.3) is 16.5 Å². The lowest BCUT2D eigenvalue weighted by Gasteiger charge is -2.20. The molecule has 0 radical (unpaired) electrons. The van der Waals surface area contributed by atoms with Gasteiger partial charge in [0.15, 0.2) is 0 Å². The third kappa shape index (κ3) is 5.83. The van der Waals surface area contributed by atoms with Crippen molar-refractivity contribution in [3.05, 3.63) is 78.0 Å². The maximum Gasteiger partial charge on any atom is 0.407 e. The number of nitrogens with one attached hydrogen (secondary N) is 1. The van der Waals surface area contributed by atoms with Crippen LogP contribution in [0.1, 0.15) is 37.6 Å². The summed E-state index contributed by atoms with van der Waals surface area (Å²) >= 11 is 0. The lowest BCUT2D eigenvalue weighted by molar-refractivity contribution is 0.0535. The molecule has 1 amide bonds. The van der Waals surface area contributed by atoms with E-state index >= 15 is 0 Å². The second-order valence-corrected chi connectivity index (χ2v) is 8.21. The van der Waals surface area contributed by atoms with Gasteiger partial charge < -0.3 is 14.8 Å². The van der Waals surface area contributed by atoms with E-state index in [0.717, 1.165) is 39.0 Å². The SMILES string of the molecule is C=C(CNC(=O)OC(C)(C)C)c1ccc(OCc2cc(C)nc3ccccc23)cc1. The van der Waals surface area contributed by atoms with Crippen molar-refractivity contribution >= 4 is 22.6 Å². The number of alkyl carbamates (subject to hydrolysis) is 1. The lowest BCUT2D eigenvalue weighted by atomic mass is 10.1. The number of hydrogen-bond acceptors (Lipinski definition) is 4. The van der Waals surface area contributed by atoms with Gasteiger partial charge in [-0.1, -0.05) is 36.9 Å². The van der Waals surface area contributed by atoms with E-state index in [2.05, 4.69) is 29.0 Å². The highest BCUT2D eigenvalue weighted by atomic mass is 16.6. The molecule has 1 aromatic heterocycles. The van der Waals surface area contributed by atoms with E-state index < -0.39 is 11.7 Å². The van der Waals surface area contributed by atoms with E-state index in [4.69, 9.17) is 9.47 Å². The summed E-state index contributed by atoms with van der Waals surface area (Å²) in [5.41, 5.74) is 4.25. The van der Waals surface area contributed by atoms with E-state index in [9.17, 15) is 4.79 Å². The Labute approximate surface area is 177 Å². The minimum atomic E-state index is -0.525. The van der Waals surface area contributed by atoms with Gasteiger partial charge in [-0.15, -0.1) is 0 Å². The molecule has 0 aliphatic rings. The predicted molar refractivity (Wildman–Crippen MR) is 121 cm³/mol. The molecule has 0 fully saturated rings. The van der Waals surface area contributed by atoms with Crippen molar-refractivity contribution in [2.24, 2.45) is 0 Å². The minimum absolute atomic E-state index is 0.317. The fraction of sp³-hybridized carbons (Fsp3) is 0.280. The predicted octanol–water partition coefficient (Wildman–Crippen LogP) is 5.66. The summed E-state index contributed by atoms with van der Waals surface area (Å²) in [6, 6.07) is 17.8. The third-order valence-electron chi connectivity index (χ3n) is 4.43. The van der Waals surface area contributed by atoms with Gasteiger partial charge in [0.1, 0.15) is 18.0 Å².